The molecule has 4 rings (SSSR count). The van der Waals surface area contributed by atoms with Crippen LogP contribution in [0.1, 0.15) is 36.1 Å². The summed E-state index contributed by atoms with van der Waals surface area (Å²) < 4.78 is 5.74. The molecule has 1 N–H and O–H groups in total. The van der Waals surface area contributed by atoms with Crippen molar-refractivity contribution in [1.82, 2.24) is 14.8 Å². The van der Waals surface area contributed by atoms with Gasteiger partial charge in [-0.1, -0.05) is 0 Å². The monoisotopic (exact) mass is 421 g/mol. The number of aromatic nitrogens is 1. The third-order valence-electron chi connectivity index (χ3n) is 5.74. The fraction of sp³-hybridized carbons (Fsp3) is 0.375. The first-order valence-corrected chi connectivity index (χ1v) is 10.5. The zero-order valence-electron chi connectivity index (χ0n) is 18.0. The third kappa shape index (κ3) is 4.05. The van der Waals surface area contributed by atoms with Gasteiger partial charge in [-0.2, -0.15) is 0 Å². The summed E-state index contributed by atoms with van der Waals surface area (Å²) in [5.41, 5.74) is 2.37. The van der Waals surface area contributed by atoms with E-state index in [-0.39, 0.29) is 17.4 Å². The van der Waals surface area contributed by atoms with Gasteiger partial charge in [0.1, 0.15) is 17.6 Å². The molecule has 0 unspecified atom stereocenters. The van der Waals surface area contributed by atoms with E-state index in [0.717, 1.165) is 36.3 Å². The largest absolute Gasteiger partial charge is 0.507 e. The number of hydrogen-bond donors (Lipinski definition) is 1. The van der Waals surface area contributed by atoms with Gasteiger partial charge < -0.3 is 19.6 Å². The van der Waals surface area contributed by atoms with Crippen molar-refractivity contribution in [3.63, 3.8) is 0 Å². The SMILES string of the molecule is C[C@@H]1Cc2cc(/C(O)=C3\C(=O)C(=O)N(CCCN(C)C)[C@H]3c3ccncc3)ccc2O1. The number of nitrogens with zero attached hydrogens (tertiary/aromatic N) is 3. The number of rotatable bonds is 6. The van der Waals surface area contributed by atoms with Gasteiger partial charge >= 0.3 is 0 Å². The zero-order valence-corrected chi connectivity index (χ0v) is 18.0. The lowest BCUT2D eigenvalue weighted by Crippen LogP contribution is -2.32. The first kappa shape index (κ1) is 21.1. The van der Waals surface area contributed by atoms with Crippen LogP contribution >= 0.6 is 0 Å². The second-order valence-corrected chi connectivity index (χ2v) is 8.38. The number of likely N-dealkylation sites (tertiary alicyclic amines) is 1. The van der Waals surface area contributed by atoms with Gasteiger partial charge in [-0.25, -0.2) is 0 Å². The van der Waals surface area contributed by atoms with E-state index in [1.54, 1.807) is 35.5 Å². The van der Waals surface area contributed by atoms with Crippen LogP contribution < -0.4 is 4.74 Å². The van der Waals surface area contributed by atoms with Gasteiger partial charge in [0.15, 0.2) is 0 Å². The van der Waals surface area contributed by atoms with Crippen molar-refractivity contribution in [3.05, 3.63) is 65.0 Å². The van der Waals surface area contributed by atoms with E-state index < -0.39 is 17.7 Å². The van der Waals surface area contributed by atoms with Gasteiger partial charge in [-0.05, 0) is 75.4 Å². The normalized spacial score (nSPS) is 22.1. The van der Waals surface area contributed by atoms with Gasteiger partial charge in [0.2, 0.25) is 0 Å². The van der Waals surface area contributed by atoms with Crippen LogP contribution in [0.25, 0.3) is 5.76 Å². The van der Waals surface area contributed by atoms with Crippen LogP contribution in [0.15, 0.2) is 48.3 Å². The maximum atomic E-state index is 13.0. The van der Waals surface area contributed by atoms with Crippen molar-refractivity contribution in [1.29, 1.82) is 0 Å². The summed E-state index contributed by atoms with van der Waals surface area (Å²) in [6.07, 6.45) is 4.79. The fourth-order valence-electron chi connectivity index (χ4n) is 4.29. The highest BCUT2D eigenvalue weighted by atomic mass is 16.5. The number of carbonyl (C=O) groups is 2. The number of amides is 1. The van der Waals surface area contributed by atoms with E-state index in [0.29, 0.717) is 12.1 Å². The average molecular weight is 421 g/mol. The highest BCUT2D eigenvalue weighted by Crippen LogP contribution is 2.40. The van der Waals surface area contributed by atoms with E-state index in [9.17, 15) is 14.7 Å². The quantitative estimate of drug-likeness (QED) is 0.439. The highest BCUT2D eigenvalue weighted by molar-refractivity contribution is 6.46. The smallest absolute Gasteiger partial charge is 0.295 e. The molecule has 0 saturated carbocycles. The van der Waals surface area contributed by atoms with Crippen molar-refractivity contribution in [2.45, 2.75) is 31.9 Å². The van der Waals surface area contributed by atoms with Crippen molar-refractivity contribution in [3.8, 4) is 5.75 Å². The summed E-state index contributed by atoms with van der Waals surface area (Å²) in [6, 6.07) is 8.30. The Balaban J connectivity index is 1.76. The first-order valence-electron chi connectivity index (χ1n) is 10.5. The van der Waals surface area contributed by atoms with Crippen LogP contribution in [0.5, 0.6) is 5.75 Å². The van der Waals surface area contributed by atoms with E-state index in [4.69, 9.17) is 4.74 Å². The second-order valence-electron chi connectivity index (χ2n) is 8.38. The number of fused-ring (bicyclic) bond motifs is 1. The topological polar surface area (TPSA) is 83.0 Å². The Morgan fingerprint density at radius 2 is 1.97 bits per heavy atom. The minimum Gasteiger partial charge on any atom is -0.507 e. The summed E-state index contributed by atoms with van der Waals surface area (Å²) in [5, 5.41) is 11.2. The van der Waals surface area contributed by atoms with E-state index in [1.165, 1.54) is 0 Å². The zero-order chi connectivity index (χ0) is 22.1. The van der Waals surface area contributed by atoms with Crippen molar-refractivity contribution < 1.29 is 19.4 Å². The molecule has 2 atom stereocenters. The second kappa shape index (κ2) is 8.51. The Morgan fingerprint density at radius 3 is 2.68 bits per heavy atom. The minimum atomic E-state index is -0.658. The number of hydrogen-bond acceptors (Lipinski definition) is 6. The first-order chi connectivity index (χ1) is 14.9. The Labute approximate surface area is 182 Å². The Hall–Kier alpha value is -3.19. The molecule has 1 amide bonds. The van der Waals surface area contributed by atoms with Crippen LogP contribution in [0.3, 0.4) is 0 Å². The van der Waals surface area contributed by atoms with E-state index in [1.807, 2.05) is 38.1 Å². The Morgan fingerprint density at radius 1 is 1.23 bits per heavy atom. The van der Waals surface area contributed by atoms with Crippen LogP contribution in [0, 0.1) is 0 Å². The van der Waals surface area contributed by atoms with Crippen LogP contribution in [0.2, 0.25) is 0 Å². The van der Waals surface area contributed by atoms with Gasteiger partial charge in [0.25, 0.3) is 11.7 Å². The molecular formula is C24H27N3O4. The number of aliphatic hydroxyl groups excluding tert-OH is 1. The van der Waals surface area contributed by atoms with Crippen LogP contribution in [0.4, 0.5) is 0 Å². The summed E-state index contributed by atoms with van der Waals surface area (Å²) in [5.74, 6) is -0.606. The Kier molecular flexibility index (Phi) is 5.78. The molecule has 7 heteroatoms. The summed E-state index contributed by atoms with van der Waals surface area (Å²) in [6.45, 7) is 3.19. The van der Waals surface area contributed by atoms with Crippen molar-refractivity contribution >= 4 is 17.4 Å². The number of aliphatic hydroxyl groups is 1. The molecule has 0 spiro atoms. The fourth-order valence-corrected chi connectivity index (χ4v) is 4.29. The Bertz CT molecular complexity index is 1030. The predicted molar refractivity (Wildman–Crippen MR) is 117 cm³/mol. The summed E-state index contributed by atoms with van der Waals surface area (Å²) in [7, 11) is 3.93. The standard InChI is InChI=1S/C24H27N3O4/c1-15-13-18-14-17(5-6-19(18)31-15)22(28)20-21(16-7-9-25-10-8-16)27(24(30)23(20)29)12-4-11-26(2)3/h5-10,14-15,21,28H,4,11-13H2,1-3H3/b22-20+/t15-,21+/m1/s1. The molecule has 2 aromatic rings. The van der Waals surface area contributed by atoms with Crippen LogP contribution in [-0.4, -0.2) is 64.9 Å². The molecular weight excluding hydrogens is 394 g/mol. The molecule has 1 saturated heterocycles. The average Bonchev–Trinajstić information content (AvgIpc) is 3.24. The molecule has 162 valence electrons. The summed E-state index contributed by atoms with van der Waals surface area (Å²) in [4.78, 5) is 33.6. The van der Waals surface area contributed by atoms with Gasteiger partial charge in [-0.15, -0.1) is 0 Å². The number of benzene rings is 1. The molecule has 0 radical (unpaired) electrons. The molecule has 1 aromatic heterocycles. The lowest BCUT2D eigenvalue weighted by atomic mass is 9.95. The van der Waals surface area contributed by atoms with Crippen LogP contribution in [-0.2, 0) is 16.0 Å². The number of carbonyl (C=O) groups excluding carboxylic acids is 2. The summed E-state index contributed by atoms with van der Waals surface area (Å²) >= 11 is 0. The molecule has 1 fully saturated rings. The molecule has 2 aliphatic heterocycles. The maximum Gasteiger partial charge on any atom is 0.295 e. The lowest BCUT2D eigenvalue weighted by molar-refractivity contribution is -0.139. The lowest BCUT2D eigenvalue weighted by Gasteiger charge is -2.25. The predicted octanol–water partition coefficient (Wildman–Crippen LogP) is 2.78. The number of ether oxygens (including phenoxy) is 1. The minimum absolute atomic E-state index is 0.0755. The van der Waals surface area contributed by atoms with Crippen molar-refractivity contribution in [2.24, 2.45) is 0 Å². The number of Topliss-reactive ketones (excluding diaryl/α,β-unsaturated/α-hetero) is 1. The van der Waals surface area contributed by atoms with Gasteiger partial charge in [0, 0.05) is 30.9 Å². The molecule has 1 aromatic carbocycles. The number of ketones is 1. The number of pyridine rings is 1. The van der Waals surface area contributed by atoms with Gasteiger partial charge in [-0.3, -0.25) is 14.6 Å². The van der Waals surface area contributed by atoms with Crippen molar-refractivity contribution in [2.75, 3.05) is 27.2 Å². The maximum absolute atomic E-state index is 13.0. The molecule has 31 heavy (non-hydrogen) atoms. The van der Waals surface area contributed by atoms with E-state index in [2.05, 4.69) is 4.98 Å². The molecule has 0 bridgehead atoms. The molecule has 0 aliphatic carbocycles. The third-order valence-corrected chi connectivity index (χ3v) is 5.74. The molecule has 3 heterocycles. The highest BCUT2D eigenvalue weighted by Gasteiger charge is 2.45. The molecule has 7 nitrogen and oxygen atoms in total. The van der Waals surface area contributed by atoms with E-state index >= 15 is 0 Å². The van der Waals surface area contributed by atoms with Gasteiger partial charge in [0.05, 0.1) is 11.6 Å². The molecule has 2 aliphatic rings.